The van der Waals surface area contributed by atoms with Gasteiger partial charge >= 0.3 is 0 Å². The van der Waals surface area contributed by atoms with E-state index in [1.165, 1.54) is 10.8 Å². The number of amides is 1. The van der Waals surface area contributed by atoms with E-state index in [1.807, 2.05) is 13.2 Å². The molecular formula is C22H19ClN6O3. The number of hydrogen-bond acceptors (Lipinski definition) is 6. The van der Waals surface area contributed by atoms with Gasteiger partial charge in [0.15, 0.2) is 0 Å². The highest BCUT2D eigenvalue weighted by Crippen LogP contribution is 2.31. The van der Waals surface area contributed by atoms with Crippen LogP contribution in [-0.4, -0.2) is 30.2 Å². The van der Waals surface area contributed by atoms with Gasteiger partial charge in [0.05, 0.1) is 22.6 Å². The molecule has 1 amide bonds. The van der Waals surface area contributed by atoms with Crippen LogP contribution in [0, 0.1) is 6.92 Å². The first-order chi connectivity index (χ1) is 15.3. The van der Waals surface area contributed by atoms with Crippen LogP contribution in [0.15, 0.2) is 59.9 Å². The molecule has 0 saturated carbocycles. The van der Waals surface area contributed by atoms with Crippen LogP contribution in [0.1, 0.15) is 16.2 Å². The number of ether oxygens (including phenoxy) is 1. The van der Waals surface area contributed by atoms with Crippen molar-refractivity contribution < 1.29 is 9.53 Å². The van der Waals surface area contributed by atoms with Crippen LogP contribution in [0.5, 0.6) is 11.5 Å². The molecule has 4 aromatic rings. The summed E-state index contributed by atoms with van der Waals surface area (Å²) in [5, 5.41) is 7.04. The smallest absolute Gasteiger partial charge is 0.266 e. The number of nitrogens with one attached hydrogen (secondary N) is 1. The summed E-state index contributed by atoms with van der Waals surface area (Å²) in [5.74, 6) is 0.961. The highest BCUT2D eigenvalue weighted by atomic mass is 35.5. The summed E-state index contributed by atoms with van der Waals surface area (Å²) in [6.45, 7) is 1.68. The number of rotatable bonds is 5. The number of hydrogen-bond donors (Lipinski definition) is 1. The van der Waals surface area contributed by atoms with Gasteiger partial charge in [-0.2, -0.15) is 5.10 Å². The zero-order valence-electron chi connectivity index (χ0n) is 17.5. The molecule has 0 radical (unpaired) electrons. The van der Waals surface area contributed by atoms with E-state index in [0.717, 1.165) is 11.3 Å². The van der Waals surface area contributed by atoms with E-state index in [-0.39, 0.29) is 10.6 Å². The van der Waals surface area contributed by atoms with Gasteiger partial charge in [-0.1, -0.05) is 11.6 Å². The molecule has 3 aromatic heterocycles. The molecule has 0 aliphatic rings. The quantitative estimate of drug-likeness (QED) is 0.498. The molecule has 162 valence electrons. The molecule has 9 nitrogen and oxygen atoms in total. The summed E-state index contributed by atoms with van der Waals surface area (Å²) < 4.78 is 8.89. The first kappa shape index (κ1) is 21.3. The zero-order chi connectivity index (χ0) is 22.8. The molecule has 32 heavy (non-hydrogen) atoms. The van der Waals surface area contributed by atoms with Crippen molar-refractivity contribution in [3.05, 3.63) is 81.9 Å². The Labute approximate surface area is 188 Å². The monoisotopic (exact) mass is 450 g/mol. The lowest BCUT2D eigenvalue weighted by atomic mass is 10.2. The number of halogens is 1. The lowest BCUT2D eigenvalue weighted by Crippen LogP contribution is -2.29. The molecule has 0 bridgehead atoms. The maximum atomic E-state index is 12.5. The fraction of sp³-hybridized carbons (Fsp3) is 0.136. The molecule has 0 spiro atoms. The van der Waals surface area contributed by atoms with E-state index >= 15 is 0 Å². The molecule has 4 rings (SSSR count). The summed E-state index contributed by atoms with van der Waals surface area (Å²) in [6, 6.07) is 8.36. The van der Waals surface area contributed by atoms with Crippen LogP contribution in [0.25, 0.3) is 11.3 Å². The van der Waals surface area contributed by atoms with Crippen LogP contribution >= 0.6 is 11.6 Å². The molecule has 1 aromatic carbocycles. The van der Waals surface area contributed by atoms with Crippen molar-refractivity contribution in [1.82, 2.24) is 24.3 Å². The standard InChI is InChI=1S/C22H19ClN6O3/c1-13-25-11-17(22(31)29(13)3)21(30)27-19-5-4-15(8-18(19)23)32-16-6-7-24-20(9-16)14-10-26-28(2)12-14/h4-12H,1-3H3,(H,27,30). The fourth-order valence-corrected chi connectivity index (χ4v) is 3.17. The van der Waals surface area contributed by atoms with Gasteiger partial charge in [0.25, 0.3) is 11.5 Å². The zero-order valence-corrected chi connectivity index (χ0v) is 18.3. The Morgan fingerprint density at radius 3 is 2.59 bits per heavy atom. The molecule has 0 atom stereocenters. The maximum Gasteiger partial charge on any atom is 0.266 e. The maximum absolute atomic E-state index is 12.5. The molecule has 3 heterocycles. The molecule has 1 N–H and O–H groups in total. The Balaban J connectivity index is 1.51. The predicted molar refractivity (Wildman–Crippen MR) is 120 cm³/mol. The Bertz CT molecular complexity index is 1380. The molecule has 10 heteroatoms. The minimum Gasteiger partial charge on any atom is -0.457 e. The third-order valence-corrected chi connectivity index (χ3v) is 5.11. The minimum absolute atomic E-state index is 0.0748. The number of aromatic nitrogens is 5. The normalized spacial score (nSPS) is 10.8. The molecule has 0 unspecified atom stereocenters. The minimum atomic E-state index is -0.594. The lowest BCUT2D eigenvalue weighted by Gasteiger charge is -2.11. The average Bonchev–Trinajstić information content (AvgIpc) is 3.20. The topological polar surface area (TPSA) is 104 Å². The van der Waals surface area contributed by atoms with Crippen LogP contribution in [0.4, 0.5) is 5.69 Å². The third-order valence-electron chi connectivity index (χ3n) is 4.80. The molecule has 0 saturated heterocycles. The van der Waals surface area contributed by atoms with Gasteiger partial charge in [-0.3, -0.25) is 23.8 Å². The summed E-state index contributed by atoms with van der Waals surface area (Å²) in [4.78, 5) is 33.2. The first-order valence-electron chi connectivity index (χ1n) is 9.58. The summed E-state index contributed by atoms with van der Waals surface area (Å²) in [6.07, 6.45) is 6.47. The highest BCUT2D eigenvalue weighted by molar-refractivity contribution is 6.34. The van der Waals surface area contributed by atoms with E-state index in [0.29, 0.717) is 23.0 Å². The molecular weight excluding hydrogens is 432 g/mol. The van der Waals surface area contributed by atoms with Gasteiger partial charge in [-0.05, 0) is 25.1 Å². The van der Waals surface area contributed by atoms with Gasteiger partial charge in [0.2, 0.25) is 0 Å². The Morgan fingerprint density at radius 2 is 1.88 bits per heavy atom. The van der Waals surface area contributed by atoms with Gasteiger partial charge in [0, 0.05) is 50.4 Å². The average molecular weight is 451 g/mol. The first-order valence-corrected chi connectivity index (χ1v) is 9.96. The predicted octanol–water partition coefficient (Wildman–Crippen LogP) is 3.58. The van der Waals surface area contributed by atoms with Crippen molar-refractivity contribution in [3.63, 3.8) is 0 Å². The van der Waals surface area contributed by atoms with Crippen molar-refractivity contribution in [3.8, 4) is 22.8 Å². The van der Waals surface area contributed by atoms with Crippen LogP contribution in [-0.2, 0) is 14.1 Å². The van der Waals surface area contributed by atoms with E-state index in [9.17, 15) is 9.59 Å². The Morgan fingerprint density at radius 1 is 1.09 bits per heavy atom. The van der Waals surface area contributed by atoms with Crippen molar-refractivity contribution in [2.75, 3.05) is 5.32 Å². The highest BCUT2D eigenvalue weighted by Gasteiger charge is 2.15. The Hall–Kier alpha value is -3.98. The van der Waals surface area contributed by atoms with Crippen molar-refractivity contribution >= 4 is 23.2 Å². The number of aryl methyl sites for hydroxylation is 2. The van der Waals surface area contributed by atoms with Gasteiger partial charge in [-0.15, -0.1) is 0 Å². The van der Waals surface area contributed by atoms with Crippen LogP contribution in [0.2, 0.25) is 5.02 Å². The lowest BCUT2D eigenvalue weighted by molar-refractivity contribution is 0.102. The van der Waals surface area contributed by atoms with Crippen LogP contribution in [0.3, 0.4) is 0 Å². The summed E-state index contributed by atoms with van der Waals surface area (Å²) in [5.41, 5.74) is 1.42. The van der Waals surface area contributed by atoms with E-state index in [2.05, 4.69) is 20.4 Å². The van der Waals surface area contributed by atoms with Crippen molar-refractivity contribution in [2.24, 2.45) is 14.1 Å². The molecule has 0 aliphatic carbocycles. The number of anilines is 1. The largest absolute Gasteiger partial charge is 0.457 e. The van der Waals surface area contributed by atoms with Gasteiger partial charge < -0.3 is 10.1 Å². The van der Waals surface area contributed by atoms with E-state index in [4.69, 9.17) is 16.3 Å². The van der Waals surface area contributed by atoms with E-state index < -0.39 is 11.5 Å². The van der Waals surface area contributed by atoms with Crippen molar-refractivity contribution in [2.45, 2.75) is 6.92 Å². The SMILES string of the molecule is Cc1ncc(C(=O)Nc2ccc(Oc3ccnc(-c4cnn(C)c4)c3)cc2Cl)c(=O)n1C. The molecule has 0 aliphatic heterocycles. The molecule has 0 fully saturated rings. The van der Waals surface area contributed by atoms with Crippen molar-refractivity contribution in [1.29, 1.82) is 0 Å². The number of carbonyl (C=O) groups is 1. The third kappa shape index (κ3) is 4.37. The second-order valence-corrected chi connectivity index (χ2v) is 7.47. The number of nitrogens with zero attached hydrogens (tertiary/aromatic N) is 5. The summed E-state index contributed by atoms with van der Waals surface area (Å²) >= 11 is 6.34. The number of benzene rings is 1. The second-order valence-electron chi connectivity index (χ2n) is 7.06. The summed E-state index contributed by atoms with van der Waals surface area (Å²) in [7, 11) is 3.39. The fourth-order valence-electron chi connectivity index (χ4n) is 2.96. The van der Waals surface area contributed by atoms with E-state index in [1.54, 1.807) is 61.4 Å². The second kappa shape index (κ2) is 8.64. The van der Waals surface area contributed by atoms with Gasteiger partial charge in [0.1, 0.15) is 22.9 Å². The number of carbonyl (C=O) groups excluding carboxylic acids is 1. The Kier molecular flexibility index (Phi) is 5.74. The van der Waals surface area contributed by atoms with Gasteiger partial charge in [-0.25, -0.2) is 4.98 Å². The van der Waals surface area contributed by atoms with Crippen LogP contribution < -0.4 is 15.6 Å². The number of pyridine rings is 1.